The van der Waals surface area contributed by atoms with E-state index in [1.807, 2.05) is 74.5 Å². The van der Waals surface area contributed by atoms with Crippen molar-refractivity contribution in [1.82, 2.24) is 9.80 Å². The molecule has 0 fully saturated rings. The molecule has 11 heteroatoms. The number of aliphatic hydroxyl groups is 1. The molecule has 2 aliphatic rings. The van der Waals surface area contributed by atoms with Gasteiger partial charge in [-0.25, -0.2) is 4.79 Å². The predicted octanol–water partition coefficient (Wildman–Crippen LogP) is 7.53. The number of amides is 2. The number of carbonyl (C=O) groups excluding carboxylic acids is 3. The Hall–Kier alpha value is -5.39. The number of aliphatic hydroxyl groups excluding tert-OH is 1. The number of ether oxygens (including phenoxy) is 5. The Balaban J connectivity index is 1.58. The molecule has 3 aromatic carbocycles. The van der Waals surface area contributed by atoms with Crippen LogP contribution < -0.4 is 9.47 Å². The second-order valence-corrected chi connectivity index (χ2v) is 15.5. The van der Waals surface area contributed by atoms with Gasteiger partial charge in [0.1, 0.15) is 36.7 Å². The van der Waals surface area contributed by atoms with Crippen LogP contribution in [0.15, 0.2) is 102 Å². The molecule has 1 aliphatic carbocycles. The molecule has 0 saturated carbocycles. The van der Waals surface area contributed by atoms with E-state index in [9.17, 15) is 14.7 Å². The highest BCUT2D eigenvalue weighted by molar-refractivity contribution is 5.89. The molecule has 0 bridgehead atoms. The highest BCUT2D eigenvalue weighted by atomic mass is 16.6. The summed E-state index contributed by atoms with van der Waals surface area (Å²) >= 11 is 0. The molecule has 0 radical (unpaired) electrons. The van der Waals surface area contributed by atoms with Crippen LogP contribution in [0.4, 0.5) is 4.79 Å². The van der Waals surface area contributed by atoms with Gasteiger partial charge in [-0.05, 0) is 80.9 Å². The second-order valence-electron chi connectivity index (χ2n) is 15.5. The van der Waals surface area contributed by atoms with E-state index >= 15 is 4.79 Å². The van der Waals surface area contributed by atoms with E-state index in [1.165, 1.54) is 19.1 Å². The minimum atomic E-state index is -1.17. The summed E-state index contributed by atoms with van der Waals surface area (Å²) in [6.45, 7) is 13.6. The predicted molar refractivity (Wildman–Crippen MR) is 218 cm³/mol. The van der Waals surface area contributed by atoms with Crippen molar-refractivity contribution in [2.24, 2.45) is 0 Å². The summed E-state index contributed by atoms with van der Waals surface area (Å²) in [6, 6.07) is 19.3. The van der Waals surface area contributed by atoms with Crippen molar-refractivity contribution in [2.75, 3.05) is 33.9 Å². The maximum absolute atomic E-state index is 15.3. The summed E-state index contributed by atoms with van der Waals surface area (Å²) in [5.74, 6) is 0.798. The first-order valence-electron chi connectivity index (χ1n) is 19.3. The number of benzene rings is 3. The van der Waals surface area contributed by atoms with Crippen LogP contribution in [-0.2, 0) is 38.6 Å². The molecule has 1 unspecified atom stereocenters. The van der Waals surface area contributed by atoms with Crippen molar-refractivity contribution in [1.29, 1.82) is 0 Å². The molecule has 0 spiro atoms. The number of rotatable bonds is 16. The molecule has 3 aromatic rings. The van der Waals surface area contributed by atoms with Gasteiger partial charge in [-0.1, -0.05) is 79.4 Å². The van der Waals surface area contributed by atoms with E-state index in [4.69, 9.17) is 23.7 Å². The Labute approximate surface area is 336 Å². The van der Waals surface area contributed by atoms with Crippen LogP contribution in [0.3, 0.4) is 0 Å². The first-order valence-corrected chi connectivity index (χ1v) is 19.3. The lowest BCUT2D eigenvalue weighted by atomic mass is 9.80. The Morgan fingerprint density at radius 1 is 0.982 bits per heavy atom. The summed E-state index contributed by atoms with van der Waals surface area (Å²) in [4.78, 5) is 45.0. The zero-order valence-electron chi connectivity index (χ0n) is 34.2. The zero-order valence-corrected chi connectivity index (χ0v) is 34.2. The number of likely N-dealkylation sites (N-methyl/N-ethyl adjacent to an activating group) is 1. The second kappa shape index (κ2) is 19.2. The summed E-state index contributed by atoms with van der Waals surface area (Å²) in [7, 11) is 3.02. The fourth-order valence-electron chi connectivity index (χ4n) is 7.42. The molecule has 2 amide bonds. The van der Waals surface area contributed by atoms with Gasteiger partial charge in [0.05, 0.1) is 38.5 Å². The van der Waals surface area contributed by atoms with Crippen molar-refractivity contribution >= 4 is 18.3 Å². The summed E-state index contributed by atoms with van der Waals surface area (Å²) in [5.41, 5.74) is 4.86. The first kappa shape index (κ1) is 42.7. The number of allylic oxidation sites excluding steroid dienone is 1. The third-order valence-corrected chi connectivity index (χ3v) is 10.2. The van der Waals surface area contributed by atoms with E-state index in [1.54, 1.807) is 37.8 Å². The number of hydrogen-bond acceptors (Lipinski definition) is 9. The highest BCUT2D eigenvalue weighted by Gasteiger charge is 2.44. The molecular formula is C46H56N2O9. The SMILES string of the molecule is C=CCOC1=C(C)CCC2=C1C(O)CN(C(=O)[C@H](Cc1cc(C)c(OC)c(OCc3ccccc3)c1C=O)N(C)C(=O)OC(C)(C)C)[C@H]2COCc1ccccc1. The number of nitrogens with zero attached hydrogens (tertiary/aromatic N) is 2. The van der Waals surface area contributed by atoms with E-state index in [0.717, 1.165) is 22.3 Å². The van der Waals surface area contributed by atoms with Crippen LogP contribution in [0.25, 0.3) is 0 Å². The number of aldehydes is 1. The largest absolute Gasteiger partial charge is 0.493 e. The van der Waals surface area contributed by atoms with Crippen LogP contribution in [-0.4, -0.2) is 90.9 Å². The van der Waals surface area contributed by atoms with Crippen molar-refractivity contribution in [3.8, 4) is 11.5 Å². The first-order chi connectivity index (χ1) is 27.3. The molecule has 0 saturated heterocycles. The molecule has 5 rings (SSSR count). The molecule has 1 N–H and O–H groups in total. The number of hydrogen-bond donors (Lipinski definition) is 1. The number of aryl methyl sites for hydroxylation is 1. The number of methoxy groups -OCH3 is 1. The fraction of sp³-hybridized carbons (Fsp3) is 0.413. The van der Waals surface area contributed by atoms with E-state index < -0.39 is 35.8 Å². The molecule has 0 aromatic heterocycles. The molecule has 1 heterocycles. The van der Waals surface area contributed by atoms with Crippen LogP contribution in [0.1, 0.15) is 73.1 Å². The standard InChI is InChI=1S/C46H56N2O9/c1-9-22-55-41-30(2)20-21-35-38(29-54-27-32-16-12-10-13-17-32)48(25-39(50)40(35)41)44(51)37(47(7)45(52)57-46(4,5)6)24-34-23-31(3)42(53-8)43(36(34)26-49)56-28-33-18-14-11-15-19-33/h9-19,23,26,37-39,50H,1,20-22,24-25,27-29H2,2-8H3/t37-,38-,39?/m0/s1. The third kappa shape index (κ3) is 10.3. The monoisotopic (exact) mass is 780 g/mol. The number of β-amino-alcohol motifs (C(OH)–C–C–N with tert-alkyl or cyclic N) is 1. The van der Waals surface area contributed by atoms with E-state index in [-0.39, 0.29) is 44.1 Å². The van der Waals surface area contributed by atoms with Crippen LogP contribution >= 0.6 is 0 Å². The average Bonchev–Trinajstić information content (AvgIpc) is 3.19. The Morgan fingerprint density at radius 2 is 1.63 bits per heavy atom. The summed E-state index contributed by atoms with van der Waals surface area (Å²) in [6.07, 6.45) is 1.71. The summed E-state index contributed by atoms with van der Waals surface area (Å²) < 4.78 is 30.2. The maximum atomic E-state index is 15.3. The Morgan fingerprint density at radius 3 is 2.23 bits per heavy atom. The maximum Gasteiger partial charge on any atom is 0.410 e. The van der Waals surface area contributed by atoms with Crippen molar-refractivity contribution in [3.05, 3.63) is 130 Å². The van der Waals surface area contributed by atoms with Crippen LogP contribution in [0.2, 0.25) is 0 Å². The molecule has 57 heavy (non-hydrogen) atoms. The van der Waals surface area contributed by atoms with Gasteiger partial charge in [-0.2, -0.15) is 0 Å². The quantitative estimate of drug-likeness (QED) is 0.116. The average molecular weight is 781 g/mol. The van der Waals surface area contributed by atoms with Crippen LogP contribution in [0, 0.1) is 6.92 Å². The minimum absolute atomic E-state index is 0.0714. The topological polar surface area (TPSA) is 124 Å². The lowest BCUT2D eigenvalue weighted by Gasteiger charge is -2.45. The molecule has 11 nitrogen and oxygen atoms in total. The molecule has 3 atom stereocenters. The lowest BCUT2D eigenvalue weighted by Crippen LogP contribution is -2.59. The van der Waals surface area contributed by atoms with Gasteiger partial charge >= 0.3 is 6.09 Å². The summed E-state index contributed by atoms with van der Waals surface area (Å²) in [5, 5.41) is 11.9. The van der Waals surface area contributed by atoms with Crippen molar-refractivity contribution < 1.29 is 43.2 Å². The van der Waals surface area contributed by atoms with Crippen molar-refractivity contribution in [2.45, 2.75) is 90.9 Å². The van der Waals surface area contributed by atoms with Gasteiger partial charge in [0.2, 0.25) is 5.91 Å². The van der Waals surface area contributed by atoms with Gasteiger partial charge in [0, 0.05) is 19.0 Å². The fourth-order valence-corrected chi connectivity index (χ4v) is 7.42. The minimum Gasteiger partial charge on any atom is -0.493 e. The van der Waals surface area contributed by atoms with Crippen molar-refractivity contribution in [3.63, 3.8) is 0 Å². The Bertz CT molecular complexity index is 1970. The Kier molecular flexibility index (Phi) is 14.4. The van der Waals surface area contributed by atoms with Gasteiger partial charge in [-0.15, -0.1) is 0 Å². The molecule has 304 valence electrons. The van der Waals surface area contributed by atoms with Gasteiger partial charge in [-0.3, -0.25) is 14.5 Å². The molecule has 1 aliphatic heterocycles. The molecular weight excluding hydrogens is 725 g/mol. The van der Waals surface area contributed by atoms with Gasteiger partial charge in [0.15, 0.2) is 17.8 Å². The van der Waals surface area contributed by atoms with Gasteiger partial charge < -0.3 is 33.7 Å². The zero-order chi connectivity index (χ0) is 41.3. The smallest absolute Gasteiger partial charge is 0.410 e. The van der Waals surface area contributed by atoms with Crippen LogP contribution in [0.5, 0.6) is 11.5 Å². The van der Waals surface area contributed by atoms with E-state index in [0.29, 0.717) is 53.9 Å². The van der Waals surface area contributed by atoms with E-state index in [2.05, 4.69) is 6.58 Å². The highest BCUT2D eigenvalue weighted by Crippen LogP contribution is 2.41. The third-order valence-electron chi connectivity index (χ3n) is 10.2. The normalized spacial score (nSPS) is 17.4. The number of carbonyl (C=O) groups is 3. The van der Waals surface area contributed by atoms with Gasteiger partial charge in [0.25, 0.3) is 0 Å². The lowest BCUT2D eigenvalue weighted by molar-refractivity contribution is -0.141.